The first kappa shape index (κ1) is 18.9. The molecule has 0 saturated carbocycles. The monoisotopic (exact) mass is 421 g/mol. The van der Waals surface area contributed by atoms with E-state index in [-0.39, 0.29) is 5.91 Å². The summed E-state index contributed by atoms with van der Waals surface area (Å²) in [5.41, 5.74) is 3.25. The number of methoxy groups -OCH3 is 1. The van der Waals surface area contributed by atoms with Crippen molar-refractivity contribution >= 4 is 28.1 Å². The number of carbonyl (C=O) groups is 1. The number of H-pyrrole nitrogens is 1. The van der Waals surface area contributed by atoms with Crippen LogP contribution >= 0.6 is 11.3 Å². The van der Waals surface area contributed by atoms with Crippen molar-refractivity contribution in [1.29, 1.82) is 0 Å². The number of furan rings is 1. The Kier molecular flexibility index (Phi) is 5.04. The third kappa shape index (κ3) is 3.61. The summed E-state index contributed by atoms with van der Waals surface area (Å²) < 4.78 is 10.8. The smallest absolute Gasteiger partial charge is 0.228 e. The van der Waals surface area contributed by atoms with Gasteiger partial charge in [-0.15, -0.1) is 11.3 Å². The van der Waals surface area contributed by atoms with Crippen molar-refractivity contribution in [2.24, 2.45) is 0 Å². The maximum atomic E-state index is 12.8. The van der Waals surface area contributed by atoms with Gasteiger partial charge in [-0.2, -0.15) is 0 Å². The van der Waals surface area contributed by atoms with Gasteiger partial charge in [0, 0.05) is 35.6 Å². The normalized spacial score (nSPS) is 15.0. The van der Waals surface area contributed by atoms with E-state index in [1.807, 2.05) is 28.5 Å². The lowest BCUT2D eigenvalue weighted by molar-refractivity contribution is -0.131. The van der Waals surface area contributed by atoms with Crippen LogP contribution in [0.25, 0.3) is 21.7 Å². The zero-order valence-corrected chi connectivity index (χ0v) is 17.6. The summed E-state index contributed by atoms with van der Waals surface area (Å²) in [6.07, 6.45) is 6.01. The van der Waals surface area contributed by atoms with Crippen LogP contribution in [0.4, 0.5) is 0 Å². The molecule has 0 unspecified atom stereocenters. The second-order valence-electron chi connectivity index (χ2n) is 7.61. The average Bonchev–Trinajstić information content (AvgIpc) is 3.53. The van der Waals surface area contributed by atoms with E-state index >= 15 is 0 Å². The fourth-order valence-electron chi connectivity index (χ4n) is 4.19. The van der Waals surface area contributed by atoms with Gasteiger partial charge in [0.05, 0.1) is 25.5 Å². The van der Waals surface area contributed by atoms with Gasteiger partial charge in [0.2, 0.25) is 5.91 Å². The highest BCUT2D eigenvalue weighted by molar-refractivity contribution is 7.13. The van der Waals surface area contributed by atoms with E-state index in [4.69, 9.17) is 9.15 Å². The molecule has 0 atom stereocenters. The largest absolute Gasteiger partial charge is 0.497 e. The van der Waals surface area contributed by atoms with Crippen LogP contribution in [0, 0.1) is 0 Å². The molecule has 1 aliphatic heterocycles. The second kappa shape index (κ2) is 7.99. The Morgan fingerprint density at radius 2 is 2.20 bits per heavy atom. The number of aromatic nitrogens is 2. The van der Waals surface area contributed by atoms with Crippen LogP contribution in [0.1, 0.15) is 30.0 Å². The van der Waals surface area contributed by atoms with E-state index < -0.39 is 0 Å². The Bertz CT molecular complexity index is 1150. The first-order chi connectivity index (χ1) is 14.7. The highest BCUT2D eigenvalue weighted by atomic mass is 32.1. The number of ether oxygens (including phenoxy) is 1. The van der Waals surface area contributed by atoms with Gasteiger partial charge in [-0.05, 0) is 54.7 Å². The van der Waals surface area contributed by atoms with Crippen LogP contribution in [0.2, 0.25) is 0 Å². The van der Waals surface area contributed by atoms with E-state index in [0.29, 0.717) is 12.3 Å². The quantitative estimate of drug-likeness (QED) is 0.500. The third-order valence-electron chi connectivity index (χ3n) is 5.82. The summed E-state index contributed by atoms with van der Waals surface area (Å²) in [5.74, 6) is 2.20. The summed E-state index contributed by atoms with van der Waals surface area (Å²) in [6.45, 7) is 1.55. The minimum Gasteiger partial charge on any atom is -0.497 e. The number of nitrogens with one attached hydrogen (secondary N) is 1. The number of carbonyl (C=O) groups excluding carboxylic acids is 1. The SMILES string of the molecule is COc1ccc2[nH]cc(C3CCN(C(=O)Cc4csc(-c5ccco5)n4)CC3)c2c1. The predicted octanol–water partition coefficient (Wildman–Crippen LogP) is 4.84. The van der Waals surface area contributed by atoms with E-state index in [0.717, 1.165) is 53.7 Å². The summed E-state index contributed by atoms with van der Waals surface area (Å²) in [6, 6.07) is 9.85. The first-order valence-corrected chi connectivity index (χ1v) is 11.0. The maximum absolute atomic E-state index is 12.8. The average molecular weight is 422 g/mol. The lowest BCUT2D eigenvalue weighted by Crippen LogP contribution is -2.38. The molecule has 5 rings (SSSR count). The molecule has 1 N–H and O–H groups in total. The van der Waals surface area contributed by atoms with E-state index in [9.17, 15) is 4.79 Å². The summed E-state index contributed by atoms with van der Waals surface area (Å²) in [7, 11) is 1.69. The van der Waals surface area contributed by atoms with Gasteiger partial charge in [0.25, 0.3) is 0 Å². The fourth-order valence-corrected chi connectivity index (χ4v) is 4.98. The highest BCUT2D eigenvalue weighted by Gasteiger charge is 2.26. The van der Waals surface area contributed by atoms with Gasteiger partial charge < -0.3 is 19.0 Å². The Hall–Kier alpha value is -3.06. The van der Waals surface area contributed by atoms with Crippen LogP contribution < -0.4 is 4.74 Å². The molecular formula is C23H23N3O3S. The summed E-state index contributed by atoms with van der Waals surface area (Å²) in [4.78, 5) is 22.7. The lowest BCUT2D eigenvalue weighted by Gasteiger charge is -2.32. The molecule has 1 saturated heterocycles. The van der Waals surface area contributed by atoms with Gasteiger partial charge in [0.15, 0.2) is 10.8 Å². The van der Waals surface area contributed by atoms with Crippen molar-refractivity contribution in [2.45, 2.75) is 25.2 Å². The molecule has 0 aliphatic carbocycles. The van der Waals surface area contributed by atoms with Gasteiger partial charge in [-0.1, -0.05) is 0 Å². The van der Waals surface area contributed by atoms with Crippen LogP contribution in [-0.2, 0) is 11.2 Å². The van der Waals surface area contributed by atoms with Crippen molar-refractivity contribution in [1.82, 2.24) is 14.9 Å². The molecule has 154 valence electrons. The number of nitrogens with zero attached hydrogens (tertiary/aromatic N) is 2. The van der Waals surface area contributed by atoms with Crippen molar-refractivity contribution in [2.75, 3.05) is 20.2 Å². The number of hydrogen-bond acceptors (Lipinski definition) is 5. The van der Waals surface area contributed by atoms with Gasteiger partial charge in [-0.3, -0.25) is 4.79 Å². The molecule has 1 fully saturated rings. The number of rotatable bonds is 5. The summed E-state index contributed by atoms with van der Waals surface area (Å²) in [5, 5.41) is 3.98. The Labute approximate surface area is 178 Å². The Morgan fingerprint density at radius 3 is 2.97 bits per heavy atom. The van der Waals surface area contributed by atoms with E-state index in [2.05, 4.69) is 28.3 Å². The van der Waals surface area contributed by atoms with Gasteiger partial charge in [-0.25, -0.2) is 4.98 Å². The topological polar surface area (TPSA) is 71.4 Å². The number of thiazole rings is 1. The maximum Gasteiger partial charge on any atom is 0.228 e. The van der Waals surface area contributed by atoms with Gasteiger partial charge in [0.1, 0.15) is 5.75 Å². The fraction of sp³-hybridized carbons (Fsp3) is 0.304. The second-order valence-corrected chi connectivity index (χ2v) is 8.47. The molecule has 1 aromatic carbocycles. The molecule has 0 spiro atoms. The molecule has 4 aromatic rings. The van der Waals surface area contributed by atoms with Crippen molar-refractivity contribution in [3.8, 4) is 16.5 Å². The predicted molar refractivity (Wildman–Crippen MR) is 117 cm³/mol. The molecule has 1 aliphatic rings. The van der Waals surface area contributed by atoms with Crippen LogP contribution in [0.15, 0.2) is 52.6 Å². The number of piperidine rings is 1. The molecule has 4 heterocycles. The molecule has 0 radical (unpaired) electrons. The number of likely N-dealkylation sites (tertiary alicyclic amines) is 1. The third-order valence-corrected chi connectivity index (χ3v) is 6.73. The van der Waals surface area contributed by atoms with Crippen molar-refractivity contribution in [3.63, 3.8) is 0 Å². The first-order valence-electron chi connectivity index (χ1n) is 10.1. The van der Waals surface area contributed by atoms with Crippen LogP contribution in [0.5, 0.6) is 5.75 Å². The molecule has 3 aromatic heterocycles. The minimum absolute atomic E-state index is 0.144. The van der Waals surface area contributed by atoms with Crippen molar-refractivity contribution < 1.29 is 13.9 Å². The highest BCUT2D eigenvalue weighted by Crippen LogP contribution is 2.35. The number of aromatic amines is 1. The van der Waals surface area contributed by atoms with Crippen LogP contribution in [-0.4, -0.2) is 41.0 Å². The summed E-state index contributed by atoms with van der Waals surface area (Å²) >= 11 is 1.51. The number of hydrogen-bond donors (Lipinski definition) is 1. The van der Waals surface area contributed by atoms with Gasteiger partial charge >= 0.3 is 0 Å². The minimum atomic E-state index is 0.144. The zero-order chi connectivity index (χ0) is 20.5. The molecule has 30 heavy (non-hydrogen) atoms. The Morgan fingerprint density at radius 1 is 1.33 bits per heavy atom. The molecule has 1 amide bonds. The molecule has 0 bridgehead atoms. The molecular weight excluding hydrogens is 398 g/mol. The molecule has 7 heteroatoms. The number of fused-ring (bicyclic) bond motifs is 1. The Balaban J connectivity index is 1.22. The molecule has 6 nitrogen and oxygen atoms in total. The number of benzene rings is 1. The standard InChI is InChI=1S/C23H23N3O3S/c1-28-17-4-5-20-18(12-17)19(13-24-20)15-6-8-26(9-7-15)22(27)11-16-14-30-23(25-16)21-3-2-10-29-21/h2-5,10,12-15,24H,6-9,11H2,1H3. The number of amides is 1. The zero-order valence-electron chi connectivity index (χ0n) is 16.8. The lowest BCUT2D eigenvalue weighted by atomic mass is 9.89. The van der Waals surface area contributed by atoms with E-state index in [1.165, 1.54) is 22.3 Å². The van der Waals surface area contributed by atoms with Crippen molar-refractivity contribution in [3.05, 3.63) is 59.4 Å². The van der Waals surface area contributed by atoms with E-state index in [1.54, 1.807) is 13.4 Å². The van der Waals surface area contributed by atoms with Crippen LogP contribution in [0.3, 0.4) is 0 Å².